The second-order valence-electron chi connectivity index (χ2n) is 6.48. The van der Waals surface area contributed by atoms with E-state index in [0.29, 0.717) is 13.0 Å². The van der Waals surface area contributed by atoms with Crippen LogP contribution < -0.4 is 14.8 Å². The fraction of sp³-hybridized carbons (Fsp3) is 0.350. The molecule has 0 saturated carbocycles. The molecule has 1 heterocycles. The third kappa shape index (κ3) is 7.02. The van der Waals surface area contributed by atoms with E-state index in [1.807, 2.05) is 19.1 Å². The molecule has 1 saturated heterocycles. The number of carbonyl (C=O) groups is 1. The molecule has 2 aromatic carbocycles. The van der Waals surface area contributed by atoms with Crippen molar-refractivity contribution in [2.75, 3.05) is 19.8 Å². The minimum atomic E-state index is -0.171. The number of epoxide rings is 1. The summed E-state index contributed by atoms with van der Waals surface area (Å²) in [5.74, 6) is 2.47. The van der Waals surface area contributed by atoms with Gasteiger partial charge < -0.3 is 24.3 Å². The lowest BCUT2D eigenvalue weighted by atomic mass is 10.1. The van der Waals surface area contributed by atoms with Gasteiger partial charge in [0, 0.05) is 0 Å². The first kappa shape index (κ1) is 24.2. The lowest BCUT2D eigenvalue weighted by molar-refractivity contribution is -0.109. The normalized spacial score (nSPS) is 16.4. The van der Waals surface area contributed by atoms with E-state index in [9.17, 15) is 4.79 Å². The second-order valence-corrected chi connectivity index (χ2v) is 11.1. The van der Waals surface area contributed by atoms with Crippen molar-refractivity contribution in [1.29, 1.82) is 0 Å². The maximum absolute atomic E-state index is 11.2. The highest BCUT2D eigenvalue weighted by molar-refractivity contribution is 14.1. The molecule has 0 spiro atoms. The molecule has 1 N–H and O–H groups in total. The van der Waals surface area contributed by atoms with E-state index in [1.165, 1.54) is 0 Å². The molecule has 0 radical (unpaired) electrons. The van der Waals surface area contributed by atoms with E-state index in [-0.39, 0.29) is 12.1 Å². The number of nitrogens with one attached hydrogen (secondary N) is 1. The number of hydrogen-bond donors (Lipinski definition) is 1. The molecule has 2 atom stereocenters. The summed E-state index contributed by atoms with van der Waals surface area (Å²) in [6, 6.07) is 7.96. The van der Waals surface area contributed by atoms with Gasteiger partial charge in [0.15, 0.2) is 5.75 Å². The van der Waals surface area contributed by atoms with Gasteiger partial charge in [-0.15, -0.1) is 0 Å². The molecular formula is C20H19I4NO4. The third-order valence-electron chi connectivity index (χ3n) is 4.15. The van der Waals surface area contributed by atoms with Gasteiger partial charge in [-0.1, -0.05) is 6.92 Å². The van der Waals surface area contributed by atoms with Gasteiger partial charge in [-0.25, -0.2) is 0 Å². The first-order chi connectivity index (χ1) is 13.9. The van der Waals surface area contributed by atoms with Gasteiger partial charge in [0.05, 0.1) is 26.9 Å². The summed E-state index contributed by atoms with van der Waals surface area (Å²) in [5.41, 5.74) is 1.11. The first-order valence-corrected chi connectivity index (χ1v) is 13.3. The predicted octanol–water partition coefficient (Wildman–Crippen LogP) is 5.39. The summed E-state index contributed by atoms with van der Waals surface area (Å²) in [7, 11) is 0. The number of likely N-dealkylation sites (N-methyl/N-ethyl adjacent to an activating group) is 1. The SMILES string of the molecule is CCNC(C=O)Cc1cc(I)c(Oc2cc(I)c(OCC3CO3)c(I)c2)c(I)c1. The van der Waals surface area contributed by atoms with Crippen molar-refractivity contribution in [3.63, 3.8) is 0 Å². The van der Waals surface area contributed by atoms with E-state index in [0.717, 1.165) is 56.5 Å². The standard InChI is InChI=1S/C20H19I4NO4/c1-2-25-12(8-26)3-11-4-15(21)20(16(22)5-11)29-13-6-17(23)19(18(24)7-13)28-10-14-9-27-14/h4-8,12,14,25H,2-3,9-10H2,1H3. The van der Waals surface area contributed by atoms with Crippen LogP contribution in [0.3, 0.4) is 0 Å². The Bertz CT molecular complexity index is 843. The number of benzene rings is 2. The van der Waals surface area contributed by atoms with Gasteiger partial charge in [-0.2, -0.15) is 0 Å². The Morgan fingerprint density at radius 3 is 2.21 bits per heavy atom. The minimum absolute atomic E-state index is 0.171. The monoisotopic (exact) mass is 845 g/mol. The first-order valence-electron chi connectivity index (χ1n) is 8.99. The molecule has 2 unspecified atom stereocenters. The Balaban J connectivity index is 1.76. The Hall–Kier alpha value is 0.550. The van der Waals surface area contributed by atoms with Gasteiger partial charge in [-0.05, 0) is 133 Å². The highest BCUT2D eigenvalue weighted by Gasteiger charge is 2.24. The molecule has 1 aliphatic heterocycles. The van der Waals surface area contributed by atoms with E-state index >= 15 is 0 Å². The zero-order valence-corrected chi connectivity index (χ0v) is 24.1. The fourth-order valence-electron chi connectivity index (χ4n) is 2.70. The number of halogens is 4. The van der Waals surface area contributed by atoms with Crippen molar-refractivity contribution in [2.45, 2.75) is 25.5 Å². The van der Waals surface area contributed by atoms with E-state index in [4.69, 9.17) is 14.2 Å². The van der Waals surface area contributed by atoms with Crippen LogP contribution in [0.5, 0.6) is 17.2 Å². The Labute approximate surface area is 225 Å². The average molecular weight is 845 g/mol. The largest absolute Gasteiger partial charge is 0.489 e. The van der Waals surface area contributed by atoms with Crippen LogP contribution in [0.4, 0.5) is 0 Å². The Morgan fingerprint density at radius 2 is 1.69 bits per heavy atom. The molecule has 0 aliphatic carbocycles. The summed E-state index contributed by atoms with van der Waals surface area (Å²) >= 11 is 9.13. The topological polar surface area (TPSA) is 60.1 Å². The minimum Gasteiger partial charge on any atom is -0.489 e. The van der Waals surface area contributed by atoms with Gasteiger partial charge in [-0.3, -0.25) is 0 Å². The molecule has 3 rings (SSSR count). The van der Waals surface area contributed by atoms with Crippen molar-refractivity contribution in [2.24, 2.45) is 0 Å². The van der Waals surface area contributed by atoms with Crippen LogP contribution in [0.15, 0.2) is 24.3 Å². The second kappa shape index (κ2) is 11.4. The van der Waals surface area contributed by atoms with Crippen LogP contribution in [0.1, 0.15) is 12.5 Å². The van der Waals surface area contributed by atoms with Gasteiger partial charge in [0.1, 0.15) is 30.5 Å². The molecular weight excluding hydrogens is 826 g/mol. The average Bonchev–Trinajstić information content (AvgIpc) is 3.48. The van der Waals surface area contributed by atoms with Gasteiger partial charge in [0.2, 0.25) is 0 Å². The van der Waals surface area contributed by atoms with E-state index in [2.05, 4.69) is 108 Å². The lowest BCUT2D eigenvalue weighted by Gasteiger charge is -2.16. The van der Waals surface area contributed by atoms with Crippen LogP contribution in [-0.2, 0) is 16.0 Å². The smallest absolute Gasteiger partial charge is 0.154 e. The van der Waals surface area contributed by atoms with Crippen molar-refractivity contribution in [1.82, 2.24) is 5.32 Å². The van der Waals surface area contributed by atoms with Crippen molar-refractivity contribution in [3.05, 3.63) is 44.1 Å². The summed E-state index contributed by atoms with van der Waals surface area (Å²) < 4.78 is 21.4. The zero-order chi connectivity index (χ0) is 21.0. The summed E-state index contributed by atoms with van der Waals surface area (Å²) in [4.78, 5) is 11.2. The van der Waals surface area contributed by atoms with E-state index < -0.39 is 0 Å². The summed E-state index contributed by atoms with van der Waals surface area (Å²) in [5, 5.41) is 3.19. The number of hydrogen-bond acceptors (Lipinski definition) is 5. The molecule has 2 aromatic rings. The number of aldehydes is 1. The van der Waals surface area contributed by atoms with E-state index in [1.54, 1.807) is 0 Å². The summed E-state index contributed by atoms with van der Waals surface area (Å²) in [6.45, 7) is 4.13. The number of ether oxygens (including phenoxy) is 3. The van der Waals surface area contributed by atoms with Crippen LogP contribution in [0, 0.1) is 14.3 Å². The van der Waals surface area contributed by atoms with Crippen molar-refractivity contribution < 1.29 is 19.0 Å². The molecule has 5 nitrogen and oxygen atoms in total. The molecule has 9 heteroatoms. The molecule has 156 valence electrons. The Morgan fingerprint density at radius 1 is 1.10 bits per heavy atom. The number of rotatable bonds is 10. The predicted molar refractivity (Wildman–Crippen MR) is 146 cm³/mol. The van der Waals surface area contributed by atoms with Crippen LogP contribution in [0.2, 0.25) is 0 Å². The quantitative estimate of drug-likeness (QED) is 0.198. The zero-order valence-electron chi connectivity index (χ0n) is 15.5. The summed E-state index contributed by atoms with van der Waals surface area (Å²) in [6.07, 6.45) is 1.86. The maximum Gasteiger partial charge on any atom is 0.154 e. The fourth-order valence-corrected chi connectivity index (χ4v) is 6.84. The Kier molecular flexibility index (Phi) is 9.53. The highest BCUT2D eigenvalue weighted by Crippen LogP contribution is 2.37. The lowest BCUT2D eigenvalue weighted by Crippen LogP contribution is -2.32. The highest BCUT2D eigenvalue weighted by atomic mass is 127. The maximum atomic E-state index is 11.2. The van der Waals surface area contributed by atoms with Crippen molar-refractivity contribution >= 4 is 96.6 Å². The molecule has 0 bridgehead atoms. The molecule has 29 heavy (non-hydrogen) atoms. The number of carbonyl (C=O) groups excluding carboxylic acids is 1. The van der Waals surface area contributed by atoms with Crippen molar-refractivity contribution in [3.8, 4) is 17.2 Å². The van der Waals surface area contributed by atoms with Crippen LogP contribution >= 0.6 is 90.4 Å². The van der Waals surface area contributed by atoms with Crippen LogP contribution in [0.25, 0.3) is 0 Å². The molecule has 0 amide bonds. The van der Waals surface area contributed by atoms with Crippen LogP contribution in [-0.4, -0.2) is 38.2 Å². The third-order valence-corrected chi connectivity index (χ3v) is 7.36. The molecule has 1 fully saturated rings. The molecule has 0 aromatic heterocycles. The van der Waals surface area contributed by atoms with Gasteiger partial charge in [0.25, 0.3) is 0 Å². The van der Waals surface area contributed by atoms with Gasteiger partial charge >= 0.3 is 0 Å². The molecule has 1 aliphatic rings.